The van der Waals surface area contributed by atoms with Crippen molar-refractivity contribution in [3.63, 3.8) is 0 Å². The van der Waals surface area contributed by atoms with Crippen molar-refractivity contribution in [3.8, 4) is 0 Å². The van der Waals surface area contributed by atoms with Gasteiger partial charge in [0.05, 0.1) is 28.7 Å². The van der Waals surface area contributed by atoms with Gasteiger partial charge in [-0.05, 0) is 45.7 Å². The summed E-state index contributed by atoms with van der Waals surface area (Å²) in [5.74, 6) is -0.929. The van der Waals surface area contributed by atoms with E-state index in [0.29, 0.717) is 34.7 Å². The number of aromatic nitrogens is 2. The van der Waals surface area contributed by atoms with Crippen molar-refractivity contribution in [1.82, 2.24) is 20.2 Å². The van der Waals surface area contributed by atoms with E-state index in [2.05, 4.69) is 15.6 Å². The van der Waals surface area contributed by atoms with Crippen molar-refractivity contribution in [2.45, 2.75) is 51.3 Å². The number of hydrogen-bond acceptors (Lipinski definition) is 4. The van der Waals surface area contributed by atoms with Crippen molar-refractivity contribution in [1.29, 1.82) is 0 Å². The molecule has 204 valence electrons. The number of nitrogens with zero attached hydrogens (tertiary/aromatic N) is 1. The number of amides is 3. The quantitative estimate of drug-likeness (QED) is 0.208. The zero-order valence-corrected chi connectivity index (χ0v) is 23.1. The number of alkyl carbamates (subject to hydrolysis) is 1. The van der Waals surface area contributed by atoms with E-state index in [0.717, 1.165) is 21.8 Å². The molecule has 3 amide bonds. The van der Waals surface area contributed by atoms with Gasteiger partial charge in [-0.2, -0.15) is 0 Å². The molecular weight excluding hydrogens is 528 g/mol. The fourth-order valence-electron chi connectivity index (χ4n) is 5.62. The molecule has 6 rings (SSSR count). The number of aromatic amines is 1. The summed E-state index contributed by atoms with van der Waals surface area (Å²) in [6.45, 7) is 5.48. The number of allylic oxidation sites excluding steroid dienone is 1. The first-order valence-corrected chi connectivity index (χ1v) is 13.6. The van der Waals surface area contributed by atoms with Crippen molar-refractivity contribution < 1.29 is 19.1 Å². The molecule has 0 saturated carbocycles. The fourth-order valence-corrected chi connectivity index (χ4v) is 6.04. The molecule has 0 bridgehead atoms. The molecule has 8 nitrogen and oxygen atoms in total. The highest BCUT2D eigenvalue weighted by molar-refractivity contribution is 6.52. The average molecular weight is 557 g/mol. The average Bonchev–Trinajstić information content (AvgIpc) is 3.53. The van der Waals surface area contributed by atoms with E-state index in [4.69, 9.17) is 16.3 Å². The van der Waals surface area contributed by atoms with Gasteiger partial charge in [-0.1, -0.05) is 60.2 Å². The minimum Gasteiger partial charge on any atom is -0.444 e. The second-order valence-corrected chi connectivity index (χ2v) is 11.5. The predicted molar refractivity (Wildman–Crippen MR) is 156 cm³/mol. The Kier molecular flexibility index (Phi) is 6.30. The lowest BCUT2D eigenvalue weighted by Gasteiger charge is -2.27. The zero-order valence-electron chi connectivity index (χ0n) is 22.4. The van der Waals surface area contributed by atoms with Crippen molar-refractivity contribution in [3.05, 3.63) is 83.2 Å². The van der Waals surface area contributed by atoms with Crippen LogP contribution in [0.3, 0.4) is 0 Å². The number of nitrogens with one attached hydrogen (secondary N) is 3. The lowest BCUT2D eigenvalue weighted by Crippen LogP contribution is -2.39. The van der Waals surface area contributed by atoms with Gasteiger partial charge in [-0.25, -0.2) is 4.79 Å². The van der Waals surface area contributed by atoms with Crippen molar-refractivity contribution in [2.24, 2.45) is 0 Å². The third kappa shape index (κ3) is 4.48. The zero-order chi connectivity index (χ0) is 28.2. The SMILES string of the molecule is CC(C)(C)OC(=O)N[C@H]1C=CC(n2c(Cl)c(C3=C(c4c[nH]c5ccccc45)C(=O)NC3=O)c3ccccc32)CC1. The van der Waals surface area contributed by atoms with Gasteiger partial charge in [-0.15, -0.1) is 0 Å². The summed E-state index contributed by atoms with van der Waals surface area (Å²) in [6, 6.07) is 15.1. The maximum absolute atomic E-state index is 13.3. The second kappa shape index (κ2) is 9.71. The summed E-state index contributed by atoms with van der Waals surface area (Å²) in [5.41, 5.74) is 2.89. The van der Waals surface area contributed by atoms with E-state index in [1.807, 2.05) is 86.0 Å². The number of carbonyl (C=O) groups excluding carboxylic acids is 3. The lowest BCUT2D eigenvalue weighted by molar-refractivity contribution is -0.122. The molecule has 1 aliphatic carbocycles. The Hall–Kier alpha value is -4.30. The number of carbonyl (C=O) groups is 3. The van der Waals surface area contributed by atoms with Crippen LogP contribution in [0.1, 0.15) is 50.8 Å². The molecule has 4 aromatic rings. The number of imide groups is 1. The van der Waals surface area contributed by atoms with Crippen LogP contribution in [0.2, 0.25) is 5.15 Å². The molecule has 2 aliphatic rings. The van der Waals surface area contributed by atoms with Crippen molar-refractivity contribution in [2.75, 3.05) is 0 Å². The van der Waals surface area contributed by atoms with Crippen LogP contribution in [0.15, 0.2) is 66.9 Å². The topological polar surface area (TPSA) is 105 Å². The predicted octanol–water partition coefficient (Wildman–Crippen LogP) is 6.13. The lowest BCUT2D eigenvalue weighted by atomic mass is 9.95. The fraction of sp³-hybridized carbons (Fsp3) is 0.258. The molecule has 0 radical (unpaired) electrons. The molecule has 3 N–H and O–H groups in total. The molecule has 0 fully saturated rings. The molecule has 1 unspecified atom stereocenters. The molecule has 2 aromatic heterocycles. The Bertz CT molecular complexity index is 1750. The maximum atomic E-state index is 13.3. The Morgan fingerprint density at radius 3 is 2.40 bits per heavy atom. The monoisotopic (exact) mass is 556 g/mol. The van der Waals surface area contributed by atoms with Gasteiger partial charge in [0.15, 0.2) is 0 Å². The van der Waals surface area contributed by atoms with Gasteiger partial charge < -0.3 is 19.6 Å². The molecule has 1 aliphatic heterocycles. The summed E-state index contributed by atoms with van der Waals surface area (Å²) >= 11 is 7.12. The number of ether oxygens (including phenoxy) is 1. The van der Waals surface area contributed by atoms with E-state index in [1.165, 1.54) is 0 Å². The van der Waals surface area contributed by atoms with Crippen LogP contribution in [-0.2, 0) is 14.3 Å². The molecule has 0 saturated heterocycles. The molecular formula is C31H29ClN4O4. The second-order valence-electron chi connectivity index (χ2n) is 11.1. The van der Waals surface area contributed by atoms with Gasteiger partial charge >= 0.3 is 6.09 Å². The van der Waals surface area contributed by atoms with Crippen LogP contribution in [0.25, 0.3) is 33.0 Å². The molecule has 40 heavy (non-hydrogen) atoms. The first-order valence-electron chi connectivity index (χ1n) is 13.3. The number of benzene rings is 2. The van der Waals surface area contributed by atoms with E-state index in [9.17, 15) is 14.4 Å². The van der Waals surface area contributed by atoms with Crippen LogP contribution < -0.4 is 10.6 Å². The number of H-pyrrole nitrogens is 1. The van der Waals surface area contributed by atoms with E-state index >= 15 is 0 Å². The highest BCUT2D eigenvalue weighted by atomic mass is 35.5. The summed E-state index contributed by atoms with van der Waals surface area (Å²) in [7, 11) is 0. The Morgan fingerprint density at radius 2 is 1.68 bits per heavy atom. The van der Waals surface area contributed by atoms with Crippen LogP contribution in [0.5, 0.6) is 0 Å². The normalized spacial score (nSPS) is 19.5. The van der Waals surface area contributed by atoms with Crippen LogP contribution in [-0.4, -0.2) is 39.1 Å². The molecule has 9 heteroatoms. The summed E-state index contributed by atoms with van der Waals surface area (Å²) < 4.78 is 7.39. The number of hydrogen-bond donors (Lipinski definition) is 3. The number of halogens is 1. The van der Waals surface area contributed by atoms with Crippen LogP contribution in [0, 0.1) is 0 Å². The highest BCUT2D eigenvalue weighted by Gasteiger charge is 2.37. The minimum atomic E-state index is -0.576. The Labute approximate surface area is 236 Å². The summed E-state index contributed by atoms with van der Waals surface area (Å²) in [6.07, 6.45) is 6.65. The third-order valence-corrected chi connectivity index (χ3v) is 7.63. The van der Waals surface area contributed by atoms with Gasteiger partial charge in [0.2, 0.25) is 0 Å². The van der Waals surface area contributed by atoms with E-state index in [1.54, 1.807) is 6.20 Å². The van der Waals surface area contributed by atoms with Gasteiger partial charge in [0.25, 0.3) is 11.8 Å². The first kappa shape index (κ1) is 26.0. The van der Waals surface area contributed by atoms with Gasteiger partial charge in [0.1, 0.15) is 10.8 Å². The molecule has 3 heterocycles. The summed E-state index contributed by atoms with van der Waals surface area (Å²) in [5, 5.41) is 7.41. The van der Waals surface area contributed by atoms with Crippen LogP contribution in [0.4, 0.5) is 4.79 Å². The molecule has 2 aromatic carbocycles. The Balaban J connectivity index is 1.43. The van der Waals surface area contributed by atoms with Crippen molar-refractivity contribution >= 4 is 62.5 Å². The molecule has 0 spiro atoms. The third-order valence-electron chi connectivity index (χ3n) is 7.26. The first-order chi connectivity index (χ1) is 19.1. The van der Waals surface area contributed by atoms with E-state index < -0.39 is 23.5 Å². The minimum absolute atomic E-state index is 0.111. The van der Waals surface area contributed by atoms with Gasteiger partial charge in [0, 0.05) is 33.6 Å². The number of rotatable bonds is 4. The smallest absolute Gasteiger partial charge is 0.408 e. The largest absolute Gasteiger partial charge is 0.444 e. The van der Waals surface area contributed by atoms with E-state index in [-0.39, 0.29) is 17.7 Å². The maximum Gasteiger partial charge on any atom is 0.408 e. The Morgan fingerprint density at radius 1 is 0.975 bits per heavy atom. The van der Waals surface area contributed by atoms with Gasteiger partial charge in [-0.3, -0.25) is 14.9 Å². The highest BCUT2D eigenvalue weighted by Crippen LogP contribution is 2.44. The summed E-state index contributed by atoms with van der Waals surface area (Å²) in [4.78, 5) is 41.9. The number of para-hydroxylation sites is 2. The van der Waals surface area contributed by atoms with Crippen LogP contribution >= 0.6 is 11.6 Å². The number of fused-ring (bicyclic) bond motifs is 2. The molecule has 2 atom stereocenters. The standard InChI is InChI=1S/C31H29ClN4O4/c1-31(2,3)40-30(39)34-17-12-14-18(15-13-17)36-23-11-7-5-9-20(23)24(27(36)32)26-25(28(37)35-29(26)38)21-16-33-22-10-6-4-8-19(21)22/h4-12,14,16-18,33H,13,15H2,1-3H3,(H,34,39)(H,35,37,38)/t17-,18?/m0/s1.